The van der Waals surface area contributed by atoms with E-state index in [9.17, 15) is 14.4 Å². The highest BCUT2D eigenvalue weighted by Crippen LogP contribution is 2.20. The van der Waals surface area contributed by atoms with Crippen molar-refractivity contribution in [3.05, 3.63) is 59.7 Å². The average Bonchev–Trinajstić information content (AvgIpc) is 3.25. The van der Waals surface area contributed by atoms with Crippen molar-refractivity contribution in [2.24, 2.45) is 0 Å². The molecule has 0 saturated heterocycles. The number of carbonyl (C=O) groups is 3. The Kier molecular flexibility index (Phi) is 6.84. The number of carbonyl (C=O) groups excluding carboxylic acids is 3. The van der Waals surface area contributed by atoms with Gasteiger partial charge in [0.25, 0.3) is 11.8 Å². The molecule has 2 aromatic carbocycles. The van der Waals surface area contributed by atoms with Crippen molar-refractivity contribution >= 4 is 29.2 Å². The SMILES string of the molecule is CNc1ccccc1C(=O)OCC(=O)Nc1ccccc1C(=O)NC1CCCC1. The predicted octanol–water partition coefficient (Wildman–Crippen LogP) is 3.20. The predicted molar refractivity (Wildman–Crippen MR) is 111 cm³/mol. The van der Waals surface area contributed by atoms with Crippen LogP contribution in [-0.2, 0) is 9.53 Å². The maximum atomic E-state index is 12.6. The summed E-state index contributed by atoms with van der Waals surface area (Å²) in [7, 11) is 1.70. The normalized spacial score (nSPS) is 13.6. The minimum Gasteiger partial charge on any atom is -0.452 e. The molecule has 152 valence electrons. The van der Waals surface area contributed by atoms with Gasteiger partial charge in [0.15, 0.2) is 6.61 Å². The third-order valence-electron chi connectivity index (χ3n) is 4.89. The fraction of sp³-hybridized carbons (Fsp3) is 0.318. The molecule has 1 aliphatic rings. The summed E-state index contributed by atoms with van der Waals surface area (Å²) in [6, 6.07) is 13.9. The fourth-order valence-corrected chi connectivity index (χ4v) is 3.40. The van der Waals surface area contributed by atoms with E-state index in [-0.39, 0.29) is 11.9 Å². The molecule has 7 heteroatoms. The van der Waals surface area contributed by atoms with Gasteiger partial charge in [-0.15, -0.1) is 0 Å². The third kappa shape index (κ3) is 5.34. The monoisotopic (exact) mass is 395 g/mol. The van der Waals surface area contributed by atoms with E-state index in [0.717, 1.165) is 25.7 Å². The van der Waals surface area contributed by atoms with E-state index in [1.165, 1.54) is 0 Å². The van der Waals surface area contributed by atoms with Crippen molar-refractivity contribution in [2.45, 2.75) is 31.7 Å². The zero-order valence-corrected chi connectivity index (χ0v) is 16.4. The van der Waals surface area contributed by atoms with E-state index in [1.54, 1.807) is 55.6 Å². The van der Waals surface area contributed by atoms with Gasteiger partial charge in [0, 0.05) is 18.8 Å². The van der Waals surface area contributed by atoms with Crippen LogP contribution in [0.2, 0.25) is 0 Å². The smallest absolute Gasteiger partial charge is 0.340 e. The van der Waals surface area contributed by atoms with Crippen LogP contribution < -0.4 is 16.0 Å². The number of rotatable bonds is 7. The zero-order valence-electron chi connectivity index (χ0n) is 16.4. The Morgan fingerprint density at radius 2 is 1.55 bits per heavy atom. The van der Waals surface area contributed by atoms with Gasteiger partial charge in [-0.05, 0) is 37.1 Å². The Hall–Kier alpha value is -3.35. The number of anilines is 2. The molecule has 1 aliphatic carbocycles. The van der Waals surface area contributed by atoms with Crippen molar-refractivity contribution in [3.8, 4) is 0 Å². The van der Waals surface area contributed by atoms with Gasteiger partial charge in [-0.3, -0.25) is 9.59 Å². The van der Waals surface area contributed by atoms with E-state index in [4.69, 9.17) is 4.74 Å². The number of ether oxygens (including phenoxy) is 1. The second-order valence-corrected chi connectivity index (χ2v) is 6.92. The second kappa shape index (κ2) is 9.73. The molecule has 3 N–H and O–H groups in total. The summed E-state index contributed by atoms with van der Waals surface area (Å²) in [6.45, 7) is -0.449. The standard InChI is InChI=1S/C22H25N3O4/c1-23-18-12-6-5-11-17(18)22(28)29-14-20(26)25-19-13-7-4-10-16(19)21(27)24-15-8-2-3-9-15/h4-7,10-13,15,23H,2-3,8-9,14H2,1H3,(H,24,27)(H,25,26). The van der Waals surface area contributed by atoms with Gasteiger partial charge in [-0.1, -0.05) is 37.1 Å². The lowest BCUT2D eigenvalue weighted by Gasteiger charge is -2.15. The van der Waals surface area contributed by atoms with Gasteiger partial charge in [-0.25, -0.2) is 4.79 Å². The molecule has 0 aromatic heterocycles. The maximum Gasteiger partial charge on any atom is 0.340 e. The third-order valence-corrected chi connectivity index (χ3v) is 4.89. The van der Waals surface area contributed by atoms with Gasteiger partial charge in [0.2, 0.25) is 0 Å². The molecule has 2 amide bonds. The summed E-state index contributed by atoms with van der Waals surface area (Å²) in [6.07, 6.45) is 4.19. The van der Waals surface area contributed by atoms with E-state index < -0.39 is 18.5 Å². The molecular formula is C22H25N3O4. The van der Waals surface area contributed by atoms with Gasteiger partial charge >= 0.3 is 5.97 Å². The zero-order chi connectivity index (χ0) is 20.6. The molecule has 0 aliphatic heterocycles. The van der Waals surface area contributed by atoms with E-state index in [2.05, 4.69) is 16.0 Å². The highest BCUT2D eigenvalue weighted by Gasteiger charge is 2.20. The highest BCUT2D eigenvalue weighted by atomic mass is 16.5. The molecular weight excluding hydrogens is 370 g/mol. The highest BCUT2D eigenvalue weighted by molar-refractivity contribution is 6.04. The minimum absolute atomic E-state index is 0.180. The second-order valence-electron chi connectivity index (χ2n) is 6.92. The van der Waals surface area contributed by atoms with Crippen LogP contribution >= 0.6 is 0 Å². The molecule has 7 nitrogen and oxygen atoms in total. The summed E-state index contributed by atoms with van der Waals surface area (Å²) in [5.41, 5.74) is 1.74. The lowest BCUT2D eigenvalue weighted by Crippen LogP contribution is -2.33. The van der Waals surface area contributed by atoms with Crippen LogP contribution in [0.15, 0.2) is 48.5 Å². The van der Waals surface area contributed by atoms with E-state index in [1.807, 2.05) is 0 Å². The van der Waals surface area contributed by atoms with E-state index >= 15 is 0 Å². The van der Waals surface area contributed by atoms with Gasteiger partial charge in [0.05, 0.1) is 16.8 Å². The van der Waals surface area contributed by atoms with Crippen LogP contribution in [0, 0.1) is 0 Å². The quantitative estimate of drug-likeness (QED) is 0.626. The molecule has 29 heavy (non-hydrogen) atoms. The van der Waals surface area contributed by atoms with Crippen LogP contribution in [0.3, 0.4) is 0 Å². The molecule has 2 aromatic rings. The van der Waals surface area contributed by atoms with Crippen LogP contribution in [0.4, 0.5) is 11.4 Å². The lowest BCUT2D eigenvalue weighted by molar-refractivity contribution is -0.119. The van der Waals surface area contributed by atoms with Crippen LogP contribution in [0.25, 0.3) is 0 Å². The molecule has 3 rings (SSSR count). The summed E-state index contributed by atoms with van der Waals surface area (Å²) in [5.74, 6) is -1.33. The summed E-state index contributed by atoms with van der Waals surface area (Å²) >= 11 is 0. The number of hydrogen-bond acceptors (Lipinski definition) is 5. The lowest BCUT2D eigenvalue weighted by atomic mass is 10.1. The summed E-state index contributed by atoms with van der Waals surface area (Å²) in [5, 5.41) is 8.58. The Morgan fingerprint density at radius 1 is 0.931 bits per heavy atom. The number of nitrogens with one attached hydrogen (secondary N) is 3. The van der Waals surface area contributed by atoms with Crippen molar-refractivity contribution in [2.75, 3.05) is 24.3 Å². The molecule has 0 unspecified atom stereocenters. The summed E-state index contributed by atoms with van der Waals surface area (Å²) < 4.78 is 5.12. The Balaban J connectivity index is 1.59. The van der Waals surface area contributed by atoms with Crippen molar-refractivity contribution < 1.29 is 19.1 Å². The molecule has 0 radical (unpaired) electrons. The number of esters is 1. The summed E-state index contributed by atoms with van der Waals surface area (Å²) in [4.78, 5) is 37.1. The minimum atomic E-state index is -0.600. The molecule has 0 spiro atoms. The maximum absolute atomic E-state index is 12.6. The number of hydrogen-bond donors (Lipinski definition) is 3. The first-order valence-corrected chi connectivity index (χ1v) is 9.72. The molecule has 0 bridgehead atoms. The molecule has 0 heterocycles. The van der Waals surface area contributed by atoms with Crippen molar-refractivity contribution in [1.82, 2.24) is 5.32 Å². The first-order chi connectivity index (χ1) is 14.1. The van der Waals surface area contributed by atoms with Crippen molar-refractivity contribution in [1.29, 1.82) is 0 Å². The molecule has 0 atom stereocenters. The van der Waals surface area contributed by atoms with Crippen LogP contribution in [-0.4, -0.2) is 37.5 Å². The first-order valence-electron chi connectivity index (χ1n) is 9.72. The Bertz CT molecular complexity index is 891. The first kappa shape index (κ1) is 20.4. The largest absolute Gasteiger partial charge is 0.452 e. The van der Waals surface area contributed by atoms with E-state index in [0.29, 0.717) is 22.5 Å². The topological polar surface area (TPSA) is 96.5 Å². The molecule has 1 saturated carbocycles. The van der Waals surface area contributed by atoms with Crippen LogP contribution in [0.5, 0.6) is 0 Å². The molecule has 1 fully saturated rings. The Labute approximate surface area is 169 Å². The number of amides is 2. The van der Waals surface area contributed by atoms with Gasteiger partial charge in [-0.2, -0.15) is 0 Å². The Morgan fingerprint density at radius 3 is 2.24 bits per heavy atom. The number of benzene rings is 2. The van der Waals surface area contributed by atoms with Gasteiger partial charge in [0.1, 0.15) is 0 Å². The fourth-order valence-electron chi connectivity index (χ4n) is 3.40. The number of para-hydroxylation sites is 2. The van der Waals surface area contributed by atoms with Gasteiger partial charge < -0.3 is 20.7 Å². The van der Waals surface area contributed by atoms with Crippen LogP contribution in [0.1, 0.15) is 46.4 Å². The average molecular weight is 395 g/mol. The van der Waals surface area contributed by atoms with Crippen molar-refractivity contribution in [3.63, 3.8) is 0 Å².